The van der Waals surface area contributed by atoms with Gasteiger partial charge in [-0.25, -0.2) is 9.97 Å². The number of amides is 1. The number of benzene rings is 1. The van der Waals surface area contributed by atoms with Gasteiger partial charge in [-0.15, -0.1) is 0 Å². The fourth-order valence-electron chi connectivity index (χ4n) is 2.83. The van der Waals surface area contributed by atoms with Gasteiger partial charge in [-0.1, -0.05) is 23.7 Å². The van der Waals surface area contributed by atoms with Crippen molar-refractivity contribution in [3.8, 4) is 0 Å². The molecule has 1 unspecified atom stereocenters. The molecule has 0 aliphatic heterocycles. The second kappa shape index (κ2) is 9.73. The van der Waals surface area contributed by atoms with E-state index in [0.717, 1.165) is 12.1 Å². The molecule has 2 aromatic heterocycles. The summed E-state index contributed by atoms with van der Waals surface area (Å²) < 4.78 is 2.08. The number of rotatable bonds is 9. The summed E-state index contributed by atoms with van der Waals surface area (Å²) in [4.78, 5) is 20.6. The van der Waals surface area contributed by atoms with Crippen LogP contribution in [-0.4, -0.2) is 33.5 Å². The van der Waals surface area contributed by atoms with Crippen LogP contribution in [0.2, 0.25) is 5.02 Å². The lowest BCUT2D eigenvalue weighted by atomic mass is 9.95. The van der Waals surface area contributed by atoms with Crippen molar-refractivity contribution >= 4 is 23.5 Å². The Hall–Kier alpha value is -2.86. The number of aromatic nitrogens is 3. The lowest BCUT2D eigenvalue weighted by Gasteiger charge is -2.18. The Morgan fingerprint density at radius 3 is 2.44 bits per heavy atom. The van der Waals surface area contributed by atoms with Gasteiger partial charge in [0.2, 0.25) is 11.9 Å². The number of carbonyl (C=O) groups is 1. The van der Waals surface area contributed by atoms with E-state index in [-0.39, 0.29) is 11.8 Å². The fraction of sp³-hybridized carbons (Fsp3) is 0.250. The molecule has 140 valence electrons. The van der Waals surface area contributed by atoms with Crippen LogP contribution >= 0.6 is 11.6 Å². The Morgan fingerprint density at radius 1 is 1.04 bits per heavy atom. The van der Waals surface area contributed by atoms with Gasteiger partial charge < -0.3 is 15.2 Å². The highest BCUT2D eigenvalue weighted by atomic mass is 35.5. The third kappa shape index (κ3) is 6.11. The Labute approximate surface area is 163 Å². The molecule has 0 saturated heterocycles. The predicted octanol–water partition coefficient (Wildman–Crippen LogP) is 3.33. The van der Waals surface area contributed by atoms with Crippen molar-refractivity contribution in [1.29, 1.82) is 0 Å². The van der Waals surface area contributed by atoms with Gasteiger partial charge in [0.05, 0.1) is 0 Å². The van der Waals surface area contributed by atoms with E-state index in [1.165, 1.54) is 0 Å². The largest absolute Gasteiger partial charge is 0.354 e. The summed E-state index contributed by atoms with van der Waals surface area (Å²) in [5.74, 6) is 0.636. The molecule has 2 N–H and O–H groups in total. The van der Waals surface area contributed by atoms with E-state index in [4.69, 9.17) is 11.6 Å². The Morgan fingerprint density at radius 2 is 1.74 bits per heavy atom. The van der Waals surface area contributed by atoms with Crippen molar-refractivity contribution in [3.05, 3.63) is 77.8 Å². The molecule has 0 saturated carbocycles. The van der Waals surface area contributed by atoms with E-state index in [2.05, 4.69) is 25.2 Å². The van der Waals surface area contributed by atoms with Crippen LogP contribution in [0, 0.1) is 0 Å². The van der Waals surface area contributed by atoms with E-state index in [1.54, 1.807) is 18.5 Å². The highest BCUT2D eigenvalue weighted by Gasteiger charge is 2.16. The summed E-state index contributed by atoms with van der Waals surface area (Å²) in [6.07, 6.45) is 7.76. The molecule has 1 amide bonds. The lowest BCUT2D eigenvalue weighted by molar-refractivity contribution is -0.121. The molecule has 1 atom stereocenters. The molecule has 0 radical (unpaired) electrons. The maximum absolute atomic E-state index is 12.4. The Bertz CT molecular complexity index is 821. The molecule has 3 rings (SSSR count). The monoisotopic (exact) mass is 383 g/mol. The average molecular weight is 384 g/mol. The molecular weight excluding hydrogens is 362 g/mol. The third-order valence-electron chi connectivity index (χ3n) is 4.17. The number of carbonyl (C=O) groups excluding carboxylic acids is 1. The second-order valence-corrected chi connectivity index (χ2v) is 6.62. The van der Waals surface area contributed by atoms with Crippen molar-refractivity contribution in [3.63, 3.8) is 0 Å². The van der Waals surface area contributed by atoms with Crippen LogP contribution in [0.3, 0.4) is 0 Å². The number of nitrogens with one attached hydrogen (secondary N) is 2. The van der Waals surface area contributed by atoms with Gasteiger partial charge in [0.25, 0.3) is 0 Å². The van der Waals surface area contributed by atoms with Crippen molar-refractivity contribution in [2.75, 3.05) is 18.4 Å². The van der Waals surface area contributed by atoms with Crippen LogP contribution in [0.1, 0.15) is 17.9 Å². The molecule has 6 nitrogen and oxygen atoms in total. The van der Waals surface area contributed by atoms with Gasteiger partial charge in [-0.3, -0.25) is 4.79 Å². The summed E-state index contributed by atoms with van der Waals surface area (Å²) in [6, 6.07) is 13.4. The fourth-order valence-corrected chi connectivity index (χ4v) is 2.96. The van der Waals surface area contributed by atoms with Crippen LogP contribution < -0.4 is 10.6 Å². The topological polar surface area (TPSA) is 71.8 Å². The number of anilines is 1. The number of halogens is 1. The van der Waals surface area contributed by atoms with Gasteiger partial charge >= 0.3 is 0 Å². The Kier molecular flexibility index (Phi) is 6.82. The zero-order valence-corrected chi connectivity index (χ0v) is 15.6. The van der Waals surface area contributed by atoms with Crippen molar-refractivity contribution in [1.82, 2.24) is 19.9 Å². The van der Waals surface area contributed by atoms with Gasteiger partial charge in [-0.05, 0) is 35.9 Å². The summed E-state index contributed by atoms with van der Waals surface area (Å²) in [5, 5.41) is 6.72. The van der Waals surface area contributed by atoms with Gasteiger partial charge in [-0.2, -0.15) is 0 Å². The molecule has 0 spiro atoms. The molecule has 0 fully saturated rings. The molecule has 27 heavy (non-hydrogen) atoms. The van der Waals surface area contributed by atoms with Crippen LogP contribution in [0.5, 0.6) is 0 Å². The van der Waals surface area contributed by atoms with Crippen LogP contribution in [0.25, 0.3) is 0 Å². The number of hydrogen-bond acceptors (Lipinski definition) is 4. The minimum absolute atomic E-state index is 0.0119. The van der Waals surface area contributed by atoms with E-state index in [1.807, 2.05) is 48.8 Å². The van der Waals surface area contributed by atoms with E-state index in [9.17, 15) is 4.79 Å². The van der Waals surface area contributed by atoms with Gasteiger partial charge in [0.1, 0.15) is 0 Å². The van der Waals surface area contributed by atoms with E-state index >= 15 is 0 Å². The van der Waals surface area contributed by atoms with Crippen molar-refractivity contribution in [2.45, 2.75) is 18.9 Å². The smallest absolute Gasteiger partial charge is 0.222 e. The number of nitrogens with zero attached hydrogens (tertiary/aromatic N) is 3. The van der Waals surface area contributed by atoms with Crippen molar-refractivity contribution < 1.29 is 4.79 Å². The minimum atomic E-state index is 0.0119. The summed E-state index contributed by atoms with van der Waals surface area (Å²) in [7, 11) is 0. The zero-order valence-electron chi connectivity index (χ0n) is 14.9. The summed E-state index contributed by atoms with van der Waals surface area (Å²) in [6.45, 7) is 1.81. The molecule has 0 aliphatic rings. The maximum Gasteiger partial charge on any atom is 0.222 e. The molecule has 7 heteroatoms. The minimum Gasteiger partial charge on any atom is -0.354 e. The molecule has 2 heterocycles. The third-order valence-corrected chi connectivity index (χ3v) is 4.42. The normalized spacial score (nSPS) is 11.7. The molecular formula is C20H22ClN5O. The quantitative estimate of drug-likeness (QED) is 0.556. The second-order valence-electron chi connectivity index (χ2n) is 6.18. The van der Waals surface area contributed by atoms with Crippen molar-refractivity contribution in [2.24, 2.45) is 0 Å². The first kappa shape index (κ1) is 18.9. The van der Waals surface area contributed by atoms with E-state index in [0.29, 0.717) is 30.5 Å². The van der Waals surface area contributed by atoms with Gasteiger partial charge in [0, 0.05) is 61.8 Å². The maximum atomic E-state index is 12.4. The highest BCUT2D eigenvalue weighted by Crippen LogP contribution is 2.23. The summed E-state index contributed by atoms with van der Waals surface area (Å²) in [5.41, 5.74) is 1.10. The standard InChI is InChI=1S/C20H22ClN5O/c21-18-6-4-16(5-7-18)17(15-26-12-1-2-13-26)14-19(27)22-10-11-25-20-23-8-3-9-24-20/h1-9,12-13,17H,10-11,14-15H2,(H,22,27)(H,23,24,25). The number of hydrogen-bond donors (Lipinski definition) is 2. The lowest BCUT2D eigenvalue weighted by Crippen LogP contribution is -2.30. The average Bonchev–Trinajstić information content (AvgIpc) is 3.19. The van der Waals surface area contributed by atoms with Crippen LogP contribution in [0.4, 0.5) is 5.95 Å². The first-order chi connectivity index (χ1) is 13.2. The first-order valence-electron chi connectivity index (χ1n) is 8.84. The zero-order chi connectivity index (χ0) is 18.9. The summed E-state index contributed by atoms with van der Waals surface area (Å²) >= 11 is 6.00. The molecule has 1 aromatic carbocycles. The highest BCUT2D eigenvalue weighted by molar-refractivity contribution is 6.30. The SMILES string of the molecule is O=C(CC(Cn1cccc1)c1ccc(Cl)cc1)NCCNc1ncccn1. The molecule has 0 bridgehead atoms. The van der Waals surface area contributed by atoms with Gasteiger partial charge in [0.15, 0.2) is 0 Å². The van der Waals surface area contributed by atoms with Crippen LogP contribution in [0.15, 0.2) is 67.3 Å². The predicted molar refractivity (Wildman–Crippen MR) is 107 cm³/mol. The Balaban J connectivity index is 1.53. The molecule has 3 aromatic rings. The van der Waals surface area contributed by atoms with E-state index < -0.39 is 0 Å². The first-order valence-corrected chi connectivity index (χ1v) is 9.22. The van der Waals surface area contributed by atoms with Crippen LogP contribution in [-0.2, 0) is 11.3 Å². The molecule has 0 aliphatic carbocycles.